The van der Waals surface area contributed by atoms with E-state index in [1.54, 1.807) is 50.3 Å². The Kier molecular flexibility index (Phi) is 7.45. The predicted octanol–water partition coefficient (Wildman–Crippen LogP) is 4.78. The second-order valence-electron chi connectivity index (χ2n) is 9.98. The Morgan fingerprint density at radius 3 is 2.72 bits per heavy atom. The summed E-state index contributed by atoms with van der Waals surface area (Å²) in [6, 6.07) is 12.6. The van der Waals surface area contributed by atoms with Gasteiger partial charge in [-0.3, -0.25) is 19.5 Å². The highest BCUT2D eigenvalue weighted by atomic mass is 32.1. The number of thiazole rings is 1. The van der Waals surface area contributed by atoms with Crippen LogP contribution in [0.1, 0.15) is 49.6 Å². The summed E-state index contributed by atoms with van der Waals surface area (Å²) < 4.78 is 24.5. The van der Waals surface area contributed by atoms with Gasteiger partial charge in [0, 0.05) is 23.8 Å². The molecule has 1 unspecified atom stereocenters. The van der Waals surface area contributed by atoms with Crippen molar-refractivity contribution in [1.29, 1.82) is 0 Å². The quantitative estimate of drug-likeness (QED) is 0.160. The normalized spacial score (nSPS) is 15.8. The van der Waals surface area contributed by atoms with Crippen molar-refractivity contribution < 1.29 is 28.3 Å². The molecular formula is C31H27N3O8S. The Morgan fingerprint density at radius 2 is 1.98 bits per heavy atom. The summed E-state index contributed by atoms with van der Waals surface area (Å²) in [4.78, 5) is 43.3. The maximum absolute atomic E-state index is 14.0. The first kappa shape index (κ1) is 28.2. The van der Waals surface area contributed by atoms with Crippen LogP contribution in [0.25, 0.3) is 17.4 Å². The zero-order chi connectivity index (χ0) is 30.2. The van der Waals surface area contributed by atoms with E-state index in [4.69, 9.17) is 23.6 Å². The number of ether oxygens (including phenoxy) is 3. The molecule has 0 aliphatic carbocycles. The summed E-state index contributed by atoms with van der Waals surface area (Å²) in [5, 5.41) is 11.1. The smallest absolute Gasteiger partial charge is 0.338 e. The predicted molar refractivity (Wildman–Crippen MR) is 158 cm³/mol. The minimum absolute atomic E-state index is 0.00390. The lowest BCUT2D eigenvalue weighted by atomic mass is 9.94. The van der Waals surface area contributed by atoms with Gasteiger partial charge in [-0.2, -0.15) is 0 Å². The lowest BCUT2D eigenvalue weighted by Crippen LogP contribution is -2.40. The van der Waals surface area contributed by atoms with E-state index in [9.17, 15) is 19.7 Å². The summed E-state index contributed by atoms with van der Waals surface area (Å²) in [7, 11) is 0. The standard InChI is InChI=1S/C31H27N3O8S/c1-4-6-22-27(30(36)39-5-2)28(18-7-11-24-25(14-18)41-16-40-24)33-29(35)26(43-31(33)32-22)15-20-9-12-23(42-20)21-10-8-19(34(37)38)13-17(21)3/h7-15,28H,4-6,16H2,1-3H3/b26-15-. The highest BCUT2D eigenvalue weighted by Gasteiger charge is 2.35. The van der Waals surface area contributed by atoms with E-state index in [2.05, 4.69) is 0 Å². The number of carbonyl (C=O) groups is 1. The van der Waals surface area contributed by atoms with Crippen molar-refractivity contribution in [2.45, 2.75) is 39.7 Å². The van der Waals surface area contributed by atoms with Gasteiger partial charge >= 0.3 is 5.97 Å². The number of hydrogen-bond acceptors (Lipinski definition) is 10. The van der Waals surface area contributed by atoms with Crippen LogP contribution < -0.4 is 24.4 Å². The van der Waals surface area contributed by atoms with E-state index in [1.807, 2.05) is 13.0 Å². The van der Waals surface area contributed by atoms with E-state index in [-0.39, 0.29) is 24.6 Å². The van der Waals surface area contributed by atoms with Crippen LogP contribution >= 0.6 is 11.3 Å². The Bertz CT molecular complexity index is 1980. The molecule has 11 nitrogen and oxygen atoms in total. The molecule has 0 fully saturated rings. The van der Waals surface area contributed by atoms with Crippen LogP contribution in [0.15, 0.2) is 74.0 Å². The number of furan rings is 1. The van der Waals surface area contributed by atoms with E-state index in [0.717, 1.165) is 6.42 Å². The third-order valence-electron chi connectivity index (χ3n) is 7.19. The number of esters is 1. The number of carbonyl (C=O) groups excluding carboxylic acids is 1. The first-order valence-electron chi connectivity index (χ1n) is 13.8. The van der Waals surface area contributed by atoms with Gasteiger partial charge in [-0.15, -0.1) is 0 Å². The van der Waals surface area contributed by atoms with Gasteiger partial charge in [0.25, 0.3) is 11.2 Å². The Hall–Kier alpha value is -4.97. The van der Waals surface area contributed by atoms with Crippen molar-refractivity contribution in [2.24, 2.45) is 4.99 Å². The van der Waals surface area contributed by atoms with Crippen molar-refractivity contribution in [2.75, 3.05) is 13.4 Å². The third-order valence-corrected chi connectivity index (χ3v) is 8.17. The molecule has 2 aliphatic heterocycles. The van der Waals surface area contributed by atoms with Crippen molar-refractivity contribution in [1.82, 2.24) is 4.57 Å². The number of nitro benzene ring substituents is 1. The maximum Gasteiger partial charge on any atom is 0.338 e. The SMILES string of the molecule is CCCC1=C(C(=O)OCC)C(c2ccc3c(c2)OCO3)n2c(s/c(=C\c3ccc(-c4ccc([N+](=O)[O-])cc4C)o3)c2=O)=N1. The van der Waals surface area contributed by atoms with Crippen molar-refractivity contribution in [3.63, 3.8) is 0 Å². The van der Waals surface area contributed by atoms with Crippen LogP contribution in [0, 0.1) is 17.0 Å². The number of non-ortho nitro benzene ring substituents is 1. The molecule has 220 valence electrons. The van der Waals surface area contributed by atoms with Crippen LogP contribution in [0.4, 0.5) is 5.69 Å². The van der Waals surface area contributed by atoms with Crippen LogP contribution in [0.3, 0.4) is 0 Å². The highest BCUT2D eigenvalue weighted by Crippen LogP contribution is 2.39. The summed E-state index contributed by atoms with van der Waals surface area (Å²) in [6.45, 7) is 5.77. The molecule has 43 heavy (non-hydrogen) atoms. The molecule has 0 bridgehead atoms. The molecular weight excluding hydrogens is 574 g/mol. The molecule has 2 aliphatic rings. The Labute approximate surface area is 249 Å². The monoisotopic (exact) mass is 601 g/mol. The molecule has 4 heterocycles. The largest absolute Gasteiger partial charge is 0.463 e. The maximum atomic E-state index is 14.0. The molecule has 12 heteroatoms. The molecule has 0 amide bonds. The number of nitro groups is 1. The number of aromatic nitrogens is 1. The fourth-order valence-electron chi connectivity index (χ4n) is 5.26. The summed E-state index contributed by atoms with van der Waals surface area (Å²) >= 11 is 1.20. The topological polar surface area (TPSA) is 135 Å². The van der Waals surface area contributed by atoms with Gasteiger partial charge in [0.2, 0.25) is 6.79 Å². The van der Waals surface area contributed by atoms with Crippen molar-refractivity contribution in [3.8, 4) is 22.8 Å². The van der Waals surface area contributed by atoms with Crippen LogP contribution in [0.2, 0.25) is 0 Å². The van der Waals surface area contributed by atoms with Gasteiger partial charge in [-0.05, 0) is 61.7 Å². The lowest BCUT2D eigenvalue weighted by molar-refractivity contribution is -0.384. The molecule has 0 spiro atoms. The molecule has 0 saturated carbocycles. The molecule has 0 N–H and O–H groups in total. The molecule has 2 aromatic carbocycles. The van der Waals surface area contributed by atoms with E-state index < -0.39 is 16.9 Å². The van der Waals surface area contributed by atoms with Crippen LogP contribution in [-0.4, -0.2) is 28.9 Å². The second kappa shape index (κ2) is 11.4. The van der Waals surface area contributed by atoms with E-state index >= 15 is 0 Å². The third kappa shape index (κ3) is 5.14. The Morgan fingerprint density at radius 1 is 1.16 bits per heavy atom. The Balaban J connectivity index is 1.48. The van der Waals surface area contributed by atoms with Gasteiger partial charge < -0.3 is 18.6 Å². The molecule has 1 atom stereocenters. The lowest BCUT2D eigenvalue weighted by Gasteiger charge is -2.25. The van der Waals surface area contributed by atoms with Gasteiger partial charge in [0.15, 0.2) is 16.3 Å². The highest BCUT2D eigenvalue weighted by molar-refractivity contribution is 7.07. The fraction of sp³-hybridized carbons (Fsp3) is 0.258. The molecule has 6 rings (SSSR count). The summed E-state index contributed by atoms with van der Waals surface area (Å²) in [6.07, 6.45) is 2.90. The average molecular weight is 602 g/mol. The number of rotatable bonds is 8. The fourth-order valence-corrected chi connectivity index (χ4v) is 6.26. The summed E-state index contributed by atoms with van der Waals surface area (Å²) in [5.41, 5.74) is 2.60. The first-order chi connectivity index (χ1) is 20.8. The minimum Gasteiger partial charge on any atom is -0.463 e. The number of hydrogen-bond donors (Lipinski definition) is 0. The van der Waals surface area contributed by atoms with Crippen molar-refractivity contribution in [3.05, 3.63) is 106 Å². The minimum atomic E-state index is -0.788. The van der Waals surface area contributed by atoms with E-state index in [0.29, 0.717) is 66.7 Å². The van der Waals surface area contributed by atoms with Gasteiger partial charge in [0.05, 0.1) is 33.4 Å². The molecule has 0 radical (unpaired) electrons. The number of aryl methyl sites for hydroxylation is 1. The number of nitrogens with zero attached hydrogens (tertiary/aromatic N) is 3. The number of allylic oxidation sites excluding steroid dienone is 1. The molecule has 2 aromatic heterocycles. The van der Waals surface area contributed by atoms with Gasteiger partial charge in [-0.1, -0.05) is 30.7 Å². The zero-order valence-electron chi connectivity index (χ0n) is 23.6. The first-order valence-corrected chi connectivity index (χ1v) is 14.6. The van der Waals surface area contributed by atoms with Gasteiger partial charge in [-0.25, -0.2) is 9.79 Å². The van der Waals surface area contributed by atoms with Crippen LogP contribution in [0.5, 0.6) is 11.5 Å². The zero-order valence-corrected chi connectivity index (χ0v) is 24.4. The van der Waals surface area contributed by atoms with Gasteiger partial charge in [0.1, 0.15) is 11.5 Å². The van der Waals surface area contributed by atoms with Crippen molar-refractivity contribution >= 4 is 29.1 Å². The van der Waals surface area contributed by atoms with E-state index in [1.165, 1.54) is 28.0 Å². The second-order valence-corrected chi connectivity index (χ2v) is 11.0. The van der Waals surface area contributed by atoms with Crippen LogP contribution in [-0.2, 0) is 9.53 Å². The summed E-state index contributed by atoms with van der Waals surface area (Å²) in [5.74, 6) is 1.53. The average Bonchev–Trinajstić information content (AvgIpc) is 3.72. The number of benzene rings is 2. The molecule has 0 saturated heterocycles. The number of fused-ring (bicyclic) bond motifs is 2. The molecule has 4 aromatic rings.